The topological polar surface area (TPSA) is 22.0 Å². The molecule has 3 heteroatoms. The van der Waals surface area contributed by atoms with E-state index in [2.05, 4.69) is 0 Å². The number of fused-ring (bicyclic) bond motifs is 1. The molecule has 0 aliphatic rings. The largest absolute Gasteiger partial charge is 0.343 e. The van der Waals surface area contributed by atoms with Crippen molar-refractivity contribution < 1.29 is 9.18 Å². The summed E-state index contributed by atoms with van der Waals surface area (Å²) in [4.78, 5) is 11.0. The first kappa shape index (κ1) is 11.7. The number of aldehydes is 1. The van der Waals surface area contributed by atoms with E-state index < -0.39 is 0 Å². The molecule has 3 aromatic rings. The Morgan fingerprint density at radius 1 is 1.11 bits per heavy atom. The Labute approximate surface area is 110 Å². The van der Waals surface area contributed by atoms with Gasteiger partial charge in [-0.25, -0.2) is 4.39 Å². The lowest BCUT2D eigenvalue weighted by Gasteiger charge is -2.06. The van der Waals surface area contributed by atoms with E-state index in [-0.39, 0.29) is 5.82 Å². The van der Waals surface area contributed by atoms with Gasteiger partial charge in [0.05, 0.1) is 0 Å². The average Bonchev–Trinajstić information content (AvgIpc) is 2.82. The maximum Gasteiger partial charge on any atom is 0.150 e. The van der Waals surface area contributed by atoms with Gasteiger partial charge in [0.1, 0.15) is 5.82 Å². The molecule has 3 rings (SSSR count). The van der Waals surface area contributed by atoms with Crippen molar-refractivity contribution in [2.75, 3.05) is 0 Å². The fourth-order valence-corrected chi connectivity index (χ4v) is 2.32. The Balaban J connectivity index is 2.04. The quantitative estimate of drug-likeness (QED) is 0.653. The summed E-state index contributed by atoms with van der Waals surface area (Å²) in [7, 11) is 0. The molecule has 0 amide bonds. The van der Waals surface area contributed by atoms with Crippen LogP contribution in [-0.4, -0.2) is 10.9 Å². The molecule has 94 valence electrons. The Hall–Kier alpha value is -2.42. The third-order valence-electron chi connectivity index (χ3n) is 3.22. The van der Waals surface area contributed by atoms with Gasteiger partial charge in [0, 0.05) is 29.2 Å². The van der Waals surface area contributed by atoms with Gasteiger partial charge >= 0.3 is 0 Å². The molecule has 0 saturated carbocycles. The summed E-state index contributed by atoms with van der Waals surface area (Å²) < 4.78 is 15.2. The molecule has 2 aromatic carbocycles. The molecule has 19 heavy (non-hydrogen) atoms. The van der Waals surface area contributed by atoms with Crippen LogP contribution < -0.4 is 0 Å². The first-order valence-electron chi connectivity index (χ1n) is 6.05. The van der Waals surface area contributed by atoms with E-state index in [4.69, 9.17) is 0 Å². The molecule has 0 radical (unpaired) electrons. The van der Waals surface area contributed by atoms with Crippen LogP contribution in [0.2, 0.25) is 0 Å². The number of aromatic nitrogens is 1. The van der Waals surface area contributed by atoms with Crippen LogP contribution in [0.15, 0.2) is 54.7 Å². The van der Waals surface area contributed by atoms with Gasteiger partial charge in [-0.3, -0.25) is 4.79 Å². The Morgan fingerprint density at radius 2 is 1.95 bits per heavy atom. The van der Waals surface area contributed by atoms with Gasteiger partial charge in [-0.05, 0) is 29.8 Å². The van der Waals surface area contributed by atoms with E-state index in [1.807, 2.05) is 35.0 Å². The number of hydrogen-bond acceptors (Lipinski definition) is 1. The second kappa shape index (κ2) is 4.69. The molecule has 0 bridgehead atoms. The van der Waals surface area contributed by atoms with Gasteiger partial charge in [-0.2, -0.15) is 0 Å². The number of halogens is 1. The monoisotopic (exact) mass is 253 g/mol. The van der Waals surface area contributed by atoms with Crippen LogP contribution in [0.3, 0.4) is 0 Å². The first-order valence-corrected chi connectivity index (χ1v) is 6.05. The Kier molecular flexibility index (Phi) is 2.88. The van der Waals surface area contributed by atoms with Crippen LogP contribution in [0.1, 0.15) is 15.9 Å². The molecular formula is C16H12FNO. The summed E-state index contributed by atoms with van der Waals surface area (Å²) in [6, 6.07) is 14.1. The number of rotatable bonds is 3. The standard InChI is InChI=1S/C16H12FNO/c17-14-5-1-3-12(9-14)10-18-8-7-15-13(11-19)4-2-6-16(15)18/h1-9,11H,10H2. The lowest BCUT2D eigenvalue weighted by molar-refractivity contribution is 0.112. The molecule has 0 atom stereocenters. The number of nitrogens with zero attached hydrogens (tertiary/aromatic N) is 1. The maximum atomic E-state index is 13.2. The zero-order chi connectivity index (χ0) is 13.2. The van der Waals surface area contributed by atoms with Crippen molar-refractivity contribution >= 4 is 17.2 Å². The molecular weight excluding hydrogens is 241 g/mol. The van der Waals surface area contributed by atoms with Gasteiger partial charge in [0.25, 0.3) is 0 Å². The number of carbonyl (C=O) groups excluding carboxylic acids is 1. The van der Waals surface area contributed by atoms with E-state index in [0.29, 0.717) is 12.1 Å². The molecule has 0 unspecified atom stereocenters. The van der Waals surface area contributed by atoms with E-state index >= 15 is 0 Å². The average molecular weight is 253 g/mol. The summed E-state index contributed by atoms with van der Waals surface area (Å²) in [5.41, 5.74) is 2.55. The van der Waals surface area contributed by atoms with Crippen LogP contribution in [0.5, 0.6) is 0 Å². The normalized spacial score (nSPS) is 10.8. The molecule has 1 heterocycles. The second-order valence-corrected chi connectivity index (χ2v) is 4.47. The Bertz CT molecular complexity index is 745. The number of carbonyl (C=O) groups is 1. The smallest absolute Gasteiger partial charge is 0.150 e. The van der Waals surface area contributed by atoms with E-state index in [1.54, 1.807) is 12.1 Å². The van der Waals surface area contributed by atoms with Crippen molar-refractivity contribution in [3.8, 4) is 0 Å². The fourth-order valence-electron chi connectivity index (χ4n) is 2.32. The van der Waals surface area contributed by atoms with Crippen LogP contribution in [0.25, 0.3) is 10.9 Å². The minimum Gasteiger partial charge on any atom is -0.343 e. The minimum absolute atomic E-state index is 0.234. The molecule has 0 saturated heterocycles. The summed E-state index contributed by atoms with van der Waals surface area (Å²) in [5.74, 6) is -0.234. The lowest BCUT2D eigenvalue weighted by Crippen LogP contribution is -1.98. The summed E-state index contributed by atoms with van der Waals surface area (Å²) >= 11 is 0. The van der Waals surface area contributed by atoms with Crippen molar-refractivity contribution in [2.24, 2.45) is 0 Å². The van der Waals surface area contributed by atoms with Crippen LogP contribution in [0, 0.1) is 5.82 Å². The summed E-state index contributed by atoms with van der Waals surface area (Å²) in [6.07, 6.45) is 2.78. The predicted octanol–water partition coefficient (Wildman–Crippen LogP) is 3.64. The zero-order valence-electron chi connectivity index (χ0n) is 10.2. The fraction of sp³-hybridized carbons (Fsp3) is 0.0625. The third kappa shape index (κ3) is 2.15. The van der Waals surface area contributed by atoms with Crippen molar-refractivity contribution in [2.45, 2.75) is 6.54 Å². The highest BCUT2D eigenvalue weighted by Gasteiger charge is 2.05. The van der Waals surface area contributed by atoms with Crippen LogP contribution >= 0.6 is 0 Å². The molecule has 0 aliphatic carbocycles. The number of hydrogen-bond donors (Lipinski definition) is 0. The van der Waals surface area contributed by atoms with Crippen molar-refractivity contribution in [3.05, 3.63) is 71.7 Å². The van der Waals surface area contributed by atoms with E-state index in [9.17, 15) is 9.18 Å². The van der Waals surface area contributed by atoms with Crippen LogP contribution in [-0.2, 0) is 6.54 Å². The molecule has 1 aromatic heterocycles. The van der Waals surface area contributed by atoms with Crippen molar-refractivity contribution in [3.63, 3.8) is 0 Å². The van der Waals surface area contributed by atoms with Crippen molar-refractivity contribution in [1.82, 2.24) is 4.57 Å². The molecule has 2 nitrogen and oxygen atoms in total. The van der Waals surface area contributed by atoms with Gasteiger partial charge < -0.3 is 4.57 Å². The van der Waals surface area contributed by atoms with Gasteiger partial charge in [0.2, 0.25) is 0 Å². The van der Waals surface area contributed by atoms with Gasteiger partial charge in [-0.15, -0.1) is 0 Å². The van der Waals surface area contributed by atoms with Gasteiger partial charge in [-0.1, -0.05) is 24.3 Å². The van der Waals surface area contributed by atoms with Crippen LogP contribution in [0.4, 0.5) is 4.39 Å². The van der Waals surface area contributed by atoms with Crippen molar-refractivity contribution in [1.29, 1.82) is 0 Å². The lowest BCUT2D eigenvalue weighted by atomic mass is 10.1. The minimum atomic E-state index is -0.234. The summed E-state index contributed by atoms with van der Waals surface area (Å²) in [6.45, 7) is 0.587. The zero-order valence-corrected chi connectivity index (χ0v) is 10.2. The molecule has 0 N–H and O–H groups in total. The van der Waals surface area contributed by atoms with E-state index in [0.717, 1.165) is 22.8 Å². The number of benzene rings is 2. The molecule has 0 fully saturated rings. The summed E-state index contributed by atoms with van der Waals surface area (Å²) in [5, 5.41) is 0.925. The Morgan fingerprint density at radius 3 is 2.74 bits per heavy atom. The highest BCUT2D eigenvalue weighted by Crippen LogP contribution is 2.20. The second-order valence-electron chi connectivity index (χ2n) is 4.47. The highest BCUT2D eigenvalue weighted by atomic mass is 19.1. The van der Waals surface area contributed by atoms with Gasteiger partial charge in [0.15, 0.2) is 6.29 Å². The first-order chi connectivity index (χ1) is 9.28. The highest BCUT2D eigenvalue weighted by molar-refractivity contribution is 5.97. The van der Waals surface area contributed by atoms with E-state index in [1.165, 1.54) is 12.1 Å². The SMILES string of the molecule is O=Cc1cccc2c1ccn2Cc1cccc(F)c1. The maximum absolute atomic E-state index is 13.2. The third-order valence-corrected chi connectivity index (χ3v) is 3.22. The molecule has 0 aliphatic heterocycles. The molecule has 0 spiro atoms. The predicted molar refractivity (Wildman–Crippen MR) is 72.8 cm³/mol.